The van der Waals surface area contributed by atoms with Crippen molar-refractivity contribution in [1.29, 1.82) is 0 Å². The van der Waals surface area contributed by atoms with E-state index in [2.05, 4.69) is 10.2 Å². The van der Waals surface area contributed by atoms with Crippen LogP contribution in [0.15, 0.2) is 87.9 Å². The minimum atomic E-state index is -4.56. The third-order valence-corrected chi connectivity index (χ3v) is 5.40. The van der Waals surface area contributed by atoms with Crippen LogP contribution in [0.2, 0.25) is 0 Å². The van der Waals surface area contributed by atoms with E-state index in [9.17, 15) is 23.1 Å². The van der Waals surface area contributed by atoms with E-state index in [1.165, 1.54) is 36.4 Å². The van der Waals surface area contributed by atoms with Gasteiger partial charge in [0.1, 0.15) is 10.6 Å². The monoisotopic (exact) mass is 463 g/mol. The molecule has 0 fully saturated rings. The van der Waals surface area contributed by atoms with Gasteiger partial charge in [-0.1, -0.05) is 30.3 Å². The Kier molecular flexibility index (Phi) is 9.05. The summed E-state index contributed by atoms with van der Waals surface area (Å²) >= 11 is 0. The van der Waals surface area contributed by atoms with Gasteiger partial charge >= 0.3 is 29.6 Å². The number of non-ortho nitro benzene ring substituents is 1. The predicted octanol–water partition coefficient (Wildman–Crippen LogP) is 2.29. The van der Waals surface area contributed by atoms with Crippen LogP contribution >= 0.6 is 0 Å². The molecule has 0 atom stereocenters. The first-order chi connectivity index (χ1) is 14.8. The van der Waals surface area contributed by atoms with E-state index in [0.717, 1.165) is 5.56 Å². The van der Waals surface area contributed by atoms with Gasteiger partial charge in [-0.3, -0.25) is 14.7 Å². The average Bonchev–Trinajstić information content (AvgIpc) is 2.76. The summed E-state index contributed by atoms with van der Waals surface area (Å²) in [5.74, 6) is 0. The van der Waals surface area contributed by atoms with Gasteiger partial charge in [0.05, 0.1) is 10.6 Å². The minimum Gasteiger partial charge on any atom is -0.367 e. The molecule has 9 nitrogen and oxygen atoms in total. The second kappa shape index (κ2) is 11.3. The third-order valence-electron chi connectivity index (χ3n) is 4.52. The molecule has 0 spiro atoms. The van der Waals surface area contributed by atoms with Gasteiger partial charge in [-0.15, -0.1) is 5.11 Å². The number of nitro benzene ring substituents is 1. The van der Waals surface area contributed by atoms with Crippen LogP contribution in [0.25, 0.3) is 0 Å². The second-order valence-electron chi connectivity index (χ2n) is 6.60. The van der Waals surface area contributed by atoms with Gasteiger partial charge in [0.25, 0.3) is 15.8 Å². The Morgan fingerprint density at radius 1 is 1.00 bits per heavy atom. The Morgan fingerprint density at radius 2 is 1.66 bits per heavy atom. The standard InChI is InChI=1S/C21H20N4O5S.Na/c1-2-24(15-16-6-4-3-5-7-16)19-12-13-20(21(14-19)31(28,29)30)23-22-17-8-10-18(11-9-17)25(26)27;/h3-14H,2,15H2,1H3,(H,28,29,30);/q;+1. The van der Waals surface area contributed by atoms with Gasteiger partial charge in [0, 0.05) is 30.9 Å². The summed E-state index contributed by atoms with van der Waals surface area (Å²) < 4.78 is 33.6. The van der Waals surface area contributed by atoms with Crippen LogP contribution in [-0.2, 0) is 16.7 Å². The van der Waals surface area contributed by atoms with E-state index in [-0.39, 0.29) is 45.8 Å². The SMILES string of the molecule is CCN(Cc1ccccc1)c1ccc(N=Nc2ccc([N+](=O)[O-])cc2)c(S(=O)(=O)O)c1.[Na+]. The number of anilines is 1. The van der Waals surface area contributed by atoms with Crippen molar-refractivity contribution in [1.82, 2.24) is 0 Å². The van der Waals surface area contributed by atoms with Crippen molar-refractivity contribution in [3.63, 3.8) is 0 Å². The van der Waals surface area contributed by atoms with Crippen molar-refractivity contribution in [2.75, 3.05) is 11.4 Å². The maximum Gasteiger partial charge on any atom is 1.00 e. The van der Waals surface area contributed by atoms with Crippen molar-refractivity contribution >= 4 is 32.9 Å². The summed E-state index contributed by atoms with van der Waals surface area (Å²) in [7, 11) is -4.56. The molecule has 3 aromatic carbocycles. The first-order valence-electron chi connectivity index (χ1n) is 9.34. The number of hydrogen-bond acceptors (Lipinski definition) is 7. The fourth-order valence-electron chi connectivity index (χ4n) is 2.93. The molecule has 0 aliphatic rings. The second-order valence-corrected chi connectivity index (χ2v) is 7.99. The molecule has 0 radical (unpaired) electrons. The van der Waals surface area contributed by atoms with Gasteiger partial charge in [0.15, 0.2) is 0 Å². The van der Waals surface area contributed by atoms with Gasteiger partial charge in [0.2, 0.25) is 0 Å². The summed E-state index contributed by atoms with van der Waals surface area (Å²) in [5.41, 5.74) is 1.82. The number of nitro groups is 1. The summed E-state index contributed by atoms with van der Waals surface area (Å²) in [6.07, 6.45) is 0. The molecule has 3 rings (SSSR count). The summed E-state index contributed by atoms with van der Waals surface area (Å²) in [6, 6.07) is 19.5. The van der Waals surface area contributed by atoms with Crippen LogP contribution < -0.4 is 34.5 Å². The molecule has 1 N–H and O–H groups in total. The molecule has 0 bridgehead atoms. The Morgan fingerprint density at radius 3 is 2.22 bits per heavy atom. The Balaban J connectivity index is 0.00000363. The Hall–Kier alpha value is -2.63. The Labute approximate surface area is 208 Å². The zero-order chi connectivity index (χ0) is 22.4. The molecule has 0 aromatic heterocycles. The molecule has 0 amide bonds. The Bertz CT molecular complexity index is 1200. The minimum absolute atomic E-state index is 0. The molecule has 0 aliphatic heterocycles. The van der Waals surface area contributed by atoms with E-state index < -0.39 is 15.0 Å². The maximum absolute atomic E-state index is 12.0. The summed E-state index contributed by atoms with van der Waals surface area (Å²) in [6.45, 7) is 3.12. The molecule has 3 aromatic rings. The molecule has 0 unspecified atom stereocenters. The molecule has 32 heavy (non-hydrogen) atoms. The quantitative estimate of drug-likeness (QED) is 0.180. The van der Waals surface area contributed by atoms with Crippen LogP contribution in [0.1, 0.15) is 12.5 Å². The normalized spacial score (nSPS) is 11.2. The van der Waals surface area contributed by atoms with E-state index >= 15 is 0 Å². The number of rotatable bonds is 8. The van der Waals surface area contributed by atoms with Crippen molar-refractivity contribution in [2.24, 2.45) is 10.2 Å². The molecule has 160 valence electrons. The third kappa shape index (κ3) is 6.68. The van der Waals surface area contributed by atoms with Crippen LogP contribution in [0.5, 0.6) is 0 Å². The number of hydrogen-bond donors (Lipinski definition) is 1. The zero-order valence-electron chi connectivity index (χ0n) is 17.6. The first-order valence-corrected chi connectivity index (χ1v) is 10.8. The van der Waals surface area contributed by atoms with Crippen molar-refractivity contribution in [3.05, 3.63) is 88.5 Å². The fourth-order valence-corrected chi connectivity index (χ4v) is 3.57. The molecular weight excluding hydrogens is 443 g/mol. The molecule has 0 saturated heterocycles. The van der Waals surface area contributed by atoms with Crippen molar-refractivity contribution in [3.8, 4) is 0 Å². The maximum atomic E-state index is 12.0. The summed E-state index contributed by atoms with van der Waals surface area (Å²) in [4.78, 5) is 11.8. The number of benzene rings is 3. The zero-order valence-corrected chi connectivity index (χ0v) is 20.4. The largest absolute Gasteiger partial charge is 1.00 e. The number of nitrogens with zero attached hydrogens (tertiary/aromatic N) is 4. The van der Waals surface area contributed by atoms with E-state index in [4.69, 9.17) is 0 Å². The van der Waals surface area contributed by atoms with Gasteiger partial charge in [-0.05, 0) is 42.8 Å². The van der Waals surface area contributed by atoms with Crippen LogP contribution in [0.3, 0.4) is 0 Å². The molecule has 0 heterocycles. The van der Waals surface area contributed by atoms with E-state index in [1.54, 1.807) is 6.07 Å². The number of azo groups is 1. The first kappa shape index (κ1) is 25.6. The molecular formula is C21H20N4NaO5S+. The molecule has 0 saturated carbocycles. The van der Waals surface area contributed by atoms with Crippen LogP contribution in [0.4, 0.5) is 22.7 Å². The van der Waals surface area contributed by atoms with Crippen LogP contribution in [0, 0.1) is 10.1 Å². The molecule has 11 heteroatoms. The van der Waals surface area contributed by atoms with Crippen LogP contribution in [-0.4, -0.2) is 24.4 Å². The van der Waals surface area contributed by atoms with E-state index in [1.807, 2.05) is 42.2 Å². The predicted molar refractivity (Wildman–Crippen MR) is 117 cm³/mol. The molecule has 0 aliphatic carbocycles. The fraction of sp³-hybridized carbons (Fsp3) is 0.143. The van der Waals surface area contributed by atoms with E-state index in [0.29, 0.717) is 24.5 Å². The summed E-state index contributed by atoms with van der Waals surface area (Å²) in [5, 5.41) is 18.6. The topological polar surface area (TPSA) is 125 Å². The average molecular weight is 463 g/mol. The van der Waals surface area contributed by atoms with Crippen molar-refractivity contribution < 1.29 is 47.5 Å². The van der Waals surface area contributed by atoms with Gasteiger partial charge in [-0.2, -0.15) is 13.5 Å². The van der Waals surface area contributed by atoms with Gasteiger partial charge in [-0.25, -0.2) is 0 Å². The van der Waals surface area contributed by atoms with Gasteiger partial charge < -0.3 is 4.90 Å². The smallest absolute Gasteiger partial charge is 0.367 e. The van der Waals surface area contributed by atoms with Crippen molar-refractivity contribution in [2.45, 2.75) is 18.4 Å².